The fourth-order valence-electron chi connectivity index (χ4n) is 1.92. The summed E-state index contributed by atoms with van der Waals surface area (Å²) in [4.78, 5) is 0. The summed E-state index contributed by atoms with van der Waals surface area (Å²) in [7, 11) is 0. The van der Waals surface area contributed by atoms with Crippen molar-refractivity contribution in [2.24, 2.45) is 0 Å². The molecule has 88 valence electrons. The molecule has 2 aromatic carbocycles. The molecule has 0 aliphatic carbocycles. The van der Waals surface area contributed by atoms with Gasteiger partial charge in [0.2, 0.25) is 0 Å². The van der Waals surface area contributed by atoms with Crippen LogP contribution in [0.2, 0.25) is 0 Å². The SMILES string of the molecule is C#CC(C#C)(C#C)c1ccc(-c2ccccc2)cc1. The third-order valence-electron chi connectivity index (χ3n) is 3.07. The average Bonchev–Trinajstić information content (AvgIpc) is 2.51. The molecule has 0 aliphatic heterocycles. The first-order valence-corrected chi connectivity index (χ1v) is 5.85. The van der Waals surface area contributed by atoms with Gasteiger partial charge in [-0.25, -0.2) is 0 Å². The van der Waals surface area contributed by atoms with E-state index >= 15 is 0 Å². The summed E-state index contributed by atoms with van der Waals surface area (Å²) in [5.74, 6) is 7.55. The molecule has 0 nitrogen and oxygen atoms in total. The largest absolute Gasteiger partial charge is 0.176 e. The Kier molecular flexibility index (Phi) is 3.43. The van der Waals surface area contributed by atoms with Gasteiger partial charge in [0, 0.05) is 0 Å². The number of hydrogen-bond acceptors (Lipinski definition) is 0. The smallest absolute Gasteiger partial charge is 0.117 e. The maximum Gasteiger partial charge on any atom is 0.176 e. The third-order valence-corrected chi connectivity index (χ3v) is 3.07. The monoisotopic (exact) mass is 240 g/mol. The summed E-state index contributed by atoms with van der Waals surface area (Å²) in [5, 5.41) is 0. The van der Waals surface area contributed by atoms with Crippen molar-refractivity contribution < 1.29 is 0 Å². The molecule has 0 unspecified atom stereocenters. The van der Waals surface area contributed by atoms with Crippen molar-refractivity contribution in [3.63, 3.8) is 0 Å². The van der Waals surface area contributed by atoms with Crippen LogP contribution in [0.25, 0.3) is 11.1 Å². The van der Waals surface area contributed by atoms with Gasteiger partial charge < -0.3 is 0 Å². The van der Waals surface area contributed by atoms with E-state index in [0.29, 0.717) is 0 Å². The van der Waals surface area contributed by atoms with E-state index in [1.807, 2.05) is 54.6 Å². The van der Waals surface area contributed by atoms with Crippen molar-refractivity contribution in [3.05, 3.63) is 60.2 Å². The Morgan fingerprint density at radius 1 is 0.632 bits per heavy atom. The zero-order valence-corrected chi connectivity index (χ0v) is 10.4. The standard InChI is InChI=1S/C19H12/c1-4-19(5-2,6-3)18-14-12-17(13-15-18)16-10-8-7-9-11-16/h1-3,7-15H. The van der Waals surface area contributed by atoms with Crippen molar-refractivity contribution in [3.8, 4) is 48.2 Å². The summed E-state index contributed by atoms with van der Waals surface area (Å²) < 4.78 is 0. The predicted octanol–water partition coefficient (Wildman–Crippen LogP) is 3.49. The topological polar surface area (TPSA) is 0 Å². The minimum atomic E-state index is -1.06. The lowest BCUT2D eigenvalue weighted by atomic mass is 9.82. The van der Waals surface area contributed by atoms with Crippen LogP contribution in [0.4, 0.5) is 0 Å². The van der Waals surface area contributed by atoms with Crippen LogP contribution in [0.15, 0.2) is 54.6 Å². The summed E-state index contributed by atoms with van der Waals surface area (Å²) in [6.07, 6.45) is 16.4. The van der Waals surface area contributed by atoms with E-state index < -0.39 is 5.41 Å². The van der Waals surface area contributed by atoms with Gasteiger partial charge in [-0.1, -0.05) is 72.4 Å². The van der Waals surface area contributed by atoms with Crippen LogP contribution < -0.4 is 0 Å². The Morgan fingerprint density at radius 2 is 1.11 bits per heavy atom. The molecule has 0 heteroatoms. The molecule has 0 aromatic heterocycles. The highest BCUT2D eigenvalue weighted by Crippen LogP contribution is 2.25. The van der Waals surface area contributed by atoms with Crippen molar-refractivity contribution >= 4 is 0 Å². The normalized spacial score (nSPS) is 9.95. The summed E-state index contributed by atoms with van der Waals surface area (Å²) >= 11 is 0. The van der Waals surface area contributed by atoms with E-state index in [-0.39, 0.29) is 0 Å². The summed E-state index contributed by atoms with van der Waals surface area (Å²) in [6.45, 7) is 0. The second kappa shape index (κ2) is 5.18. The van der Waals surface area contributed by atoms with Crippen LogP contribution >= 0.6 is 0 Å². The fraction of sp³-hybridized carbons (Fsp3) is 0.0526. The van der Waals surface area contributed by atoms with Crippen LogP contribution in [-0.2, 0) is 5.41 Å². The number of benzene rings is 2. The molecule has 0 atom stereocenters. The molecular weight excluding hydrogens is 228 g/mol. The fourth-order valence-corrected chi connectivity index (χ4v) is 1.92. The second-order valence-corrected chi connectivity index (χ2v) is 4.13. The maximum atomic E-state index is 5.47. The van der Waals surface area contributed by atoms with Gasteiger partial charge in [0.05, 0.1) is 0 Å². The Bertz CT molecular complexity index is 647. The molecule has 0 radical (unpaired) electrons. The van der Waals surface area contributed by atoms with Gasteiger partial charge in [-0.2, -0.15) is 0 Å². The first kappa shape index (κ1) is 12.6. The molecule has 0 heterocycles. The first-order chi connectivity index (χ1) is 9.25. The van der Waals surface area contributed by atoms with E-state index in [0.717, 1.165) is 16.7 Å². The van der Waals surface area contributed by atoms with Crippen LogP contribution in [0.3, 0.4) is 0 Å². The van der Waals surface area contributed by atoms with E-state index in [1.165, 1.54) is 0 Å². The van der Waals surface area contributed by atoms with E-state index in [1.54, 1.807) is 0 Å². The molecule has 0 amide bonds. The van der Waals surface area contributed by atoms with Gasteiger partial charge in [0.25, 0.3) is 0 Å². The first-order valence-electron chi connectivity index (χ1n) is 5.85. The van der Waals surface area contributed by atoms with Crippen LogP contribution in [0, 0.1) is 37.0 Å². The van der Waals surface area contributed by atoms with Gasteiger partial charge >= 0.3 is 0 Å². The highest BCUT2D eigenvalue weighted by Gasteiger charge is 2.24. The lowest BCUT2D eigenvalue weighted by molar-refractivity contribution is 0.973. The molecule has 0 bridgehead atoms. The van der Waals surface area contributed by atoms with Gasteiger partial charge in [-0.15, -0.1) is 19.3 Å². The average molecular weight is 240 g/mol. The van der Waals surface area contributed by atoms with Gasteiger partial charge in [0.15, 0.2) is 5.41 Å². The summed E-state index contributed by atoms with van der Waals surface area (Å²) in [6, 6.07) is 17.8. The van der Waals surface area contributed by atoms with Crippen molar-refractivity contribution in [2.45, 2.75) is 5.41 Å². The van der Waals surface area contributed by atoms with Crippen molar-refractivity contribution in [1.82, 2.24) is 0 Å². The Balaban J connectivity index is 2.44. The minimum Gasteiger partial charge on any atom is -0.117 e. The molecule has 0 N–H and O–H groups in total. The number of hydrogen-bond donors (Lipinski definition) is 0. The molecule has 0 spiro atoms. The lowest BCUT2D eigenvalue weighted by Crippen LogP contribution is -2.18. The van der Waals surface area contributed by atoms with E-state index in [2.05, 4.69) is 17.8 Å². The quantitative estimate of drug-likeness (QED) is 0.705. The van der Waals surface area contributed by atoms with E-state index in [4.69, 9.17) is 19.3 Å². The van der Waals surface area contributed by atoms with Crippen LogP contribution in [-0.4, -0.2) is 0 Å². The molecule has 2 aromatic rings. The van der Waals surface area contributed by atoms with Crippen LogP contribution in [0.5, 0.6) is 0 Å². The second-order valence-electron chi connectivity index (χ2n) is 4.13. The van der Waals surface area contributed by atoms with Gasteiger partial charge in [0.1, 0.15) is 0 Å². The Morgan fingerprint density at radius 3 is 1.58 bits per heavy atom. The highest BCUT2D eigenvalue weighted by molar-refractivity contribution is 5.65. The molecule has 0 fully saturated rings. The maximum absolute atomic E-state index is 5.47. The zero-order valence-electron chi connectivity index (χ0n) is 10.4. The van der Waals surface area contributed by atoms with Gasteiger partial charge in [-0.05, 0) is 16.7 Å². The van der Waals surface area contributed by atoms with Gasteiger partial charge in [-0.3, -0.25) is 0 Å². The molecule has 0 saturated carbocycles. The third kappa shape index (κ3) is 2.24. The van der Waals surface area contributed by atoms with Crippen molar-refractivity contribution in [1.29, 1.82) is 0 Å². The molecule has 19 heavy (non-hydrogen) atoms. The molecular formula is C19H12. The highest BCUT2D eigenvalue weighted by atomic mass is 14.2. The number of terminal acetylenes is 3. The van der Waals surface area contributed by atoms with E-state index in [9.17, 15) is 0 Å². The van der Waals surface area contributed by atoms with Crippen molar-refractivity contribution in [2.75, 3.05) is 0 Å². The molecule has 0 saturated heterocycles. The lowest BCUT2D eigenvalue weighted by Gasteiger charge is -2.16. The predicted molar refractivity (Wildman–Crippen MR) is 80.1 cm³/mol. The number of rotatable bonds is 2. The minimum absolute atomic E-state index is 0.777. The molecule has 0 aliphatic rings. The Labute approximate surface area is 114 Å². The zero-order chi connectivity index (χ0) is 13.7. The van der Waals surface area contributed by atoms with Crippen LogP contribution in [0.1, 0.15) is 5.56 Å². The molecule has 2 rings (SSSR count). The Hall–Kier alpha value is -2.88. The summed E-state index contributed by atoms with van der Waals surface area (Å²) in [5.41, 5.74) is 1.96.